The molecule has 0 radical (unpaired) electrons. The maximum Gasteiger partial charge on any atom is 0.135 e. The van der Waals surface area contributed by atoms with Crippen molar-refractivity contribution in [3.63, 3.8) is 0 Å². The summed E-state index contributed by atoms with van der Waals surface area (Å²) < 4.78 is 6.09. The van der Waals surface area contributed by atoms with E-state index in [0.29, 0.717) is 12.0 Å². The van der Waals surface area contributed by atoms with Gasteiger partial charge in [0.05, 0.1) is 17.5 Å². The average Bonchev–Trinajstić information content (AvgIpc) is 2.40. The summed E-state index contributed by atoms with van der Waals surface area (Å²) in [6.07, 6.45) is 6.58. The zero-order valence-electron chi connectivity index (χ0n) is 10.8. The first kappa shape index (κ1) is 13.3. The average molecular weight is 263 g/mol. The highest BCUT2D eigenvalue weighted by Crippen LogP contribution is 2.26. The second-order valence-electron chi connectivity index (χ2n) is 4.81. The van der Waals surface area contributed by atoms with Crippen molar-refractivity contribution in [2.45, 2.75) is 45.1 Å². The zero-order valence-corrected chi connectivity index (χ0v) is 11.6. The van der Waals surface area contributed by atoms with Crippen molar-refractivity contribution in [2.75, 3.05) is 5.88 Å². The van der Waals surface area contributed by atoms with Gasteiger partial charge in [0.15, 0.2) is 0 Å². The van der Waals surface area contributed by atoms with Crippen LogP contribution < -0.4 is 4.74 Å². The Morgan fingerprint density at radius 2 is 2.06 bits per heavy atom. The van der Waals surface area contributed by atoms with Crippen LogP contribution in [0, 0.1) is 18.8 Å². The number of benzene rings is 1. The van der Waals surface area contributed by atoms with Gasteiger partial charge in [-0.1, -0.05) is 24.3 Å². The van der Waals surface area contributed by atoms with E-state index in [2.05, 4.69) is 30.9 Å². The van der Waals surface area contributed by atoms with Crippen molar-refractivity contribution < 1.29 is 4.74 Å². The summed E-state index contributed by atoms with van der Waals surface area (Å²) in [4.78, 5) is 0. The lowest BCUT2D eigenvalue weighted by Crippen LogP contribution is -2.20. The quantitative estimate of drug-likeness (QED) is 0.570. The summed E-state index contributed by atoms with van der Waals surface area (Å²) >= 11 is 5.62. The van der Waals surface area contributed by atoms with Gasteiger partial charge in [0.25, 0.3) is 0 Å². The Morgan fingerprint density at radius 1 is 1.28 bits per heavy atom. The lowest BCUT2D eigenvalue weighted by atomic mass is 9.97. The second kappa shape index (κ2) is 6.71. The van der Waals surface area contributed by atoms with Gasteiger partial charge >= 0.3 is 0 Å². The third-order valence-electron chi connectivity index (χ3n) is 3.27. The molecule has 0 aliphatic heterocycles. The molecule has 0 saturated heterocycles. The van der Waals surface area contributed by atoms with Gasteiger partial charge in [0, 0.05) is 0 Å². The third kappa shape index (κ3) is 3.68. The van der Waals surface area contributed by atoms with E-state index in [4.69, 9.17) is 16.3 Å². The molecule has 18 heavy (non-hydrogen) atoms. The predicted molar refractivity (Wildman–Crippen MR) is 76.3 cm³/mol. The lowest BCUT2D eigenvalue weighted by molar-refractivity contribution is 0.154. The van der Waals surface area contributed by atoms with Crippen LogP contribution in [0.3, 0.4) is 0 Å². The first-order chi connectivity index (χ1) is 8.79. The van der Waals surface area contributed by atoms with Gasteiger partial charge < -0.3 is 4.74 Å². The van der Waals surface area contributed by atoms with E-state index < -0.39 is 0 Å². The fourth-order valence-electron chi connectivity index (χ4n) is 2.34. The first-order valence-electron chi connectivity index (χ1n) is 6.62. The molecule has 2 heteroatoms. The smallest absolute Gasteiger partial charge is 0.135 e. The van der Waals surface area contributed by atoms with Crippen LogP contribution in [0.25, 0.3) is 0 Å². The summed E-state index contributed by atoms with van der Waals surface area (Å²) in [5.74, 6) is 7.26. The summed E-state index contributed by atoms with van der Waals surface area (Å²) in [7, 11) is 0. The SMILES string of the molecule is Cc1ccc(OC2CCCCC2)c(C#CCCl)c1. The molecule has 0 spiro atoms. The molecule has 1 saturated carbocycles. The fraction of sp³-hybridized carbons (Fsp3) is 0.500. The predicted octanol–water partition coefficient (Wildman–Crippen LogP) is 4.30. The first-order valence-corrected chi connectivity index (χ1v) is 7.15. The number of hydrogen-bond acceptors (Lipinski definition) is 1. The van der Waals surface area contributed by atoms with Gasteiger partial charge in [0.2, 0.25) is 0 Å². The van der Waals surface area contributed by atoms with Crippen LogP contribution in [0.4, 0.5) is 0 Å². The number of alkyl halides is 1. The molecule has 1 aliphatic carbocycles. The molecule has 0 atom stereocenters. The molecule has 1 aromatic carbocycles. The van der Waals surface area contributed by atoms with Crippen molar-refractivity contribution >= 4 is 11.6 Å². The van der Waals surface area contributed by atoms with Crippen molar-refractivity contribution in [3.05, 3.63) is 29.3 Å². The van der Waals surface area contributed by atoms with Crippen molar-refractivity contribution in [1.82, 2.24) is 0 Å². The molecule has 2 rings (SSSR count). The third-order valence-corrected chi connectivity index (χ3v) is 3.40. The molecule has 1 aliphatic rings. The minimum Gasteiger partial charge on any atom is -0.489 e. The minimum atomic E-state index is 0.358. The standard InChI is InChI=1S/C16H19ClO/c1-13-9-10-16(14(12-13)6-5-11-17)18-15-7-3-2-4-8-15/h9-10,12,15H,2-4,7-8,11H2,1H3. The van der Waals surface area contributed by atoms with Crippen molar-refractivity contribution in [1.29, 1.82) is 0 Å². The van der Waals surface area contributed by atoms with Gasteiger partial charge in [-0.15, -0.1) is 11.6 Å². The molecule has 0 unspecified atom stereocenters. The van der Waals surface area contributed by atoms with Crippen molar-refractivity contribution in [2.24, 2.45) is 0 Å². The van der Waals surface area contributed by atoms with Gasteiger partial charge in [-0.2, -0.15) is 0 Å². The van der Waals surface area contributed by atoms with Gasteiger partial charge in [-0.05, 0) is 50.3 Å². The highest BCUT2D eigenvalue weighted by Gasteiger charge is 2.16. The Bertz CT molecular complexity index is 450. The molecule has 1 nitrogen and oxygen atoms in total. The molecule has 96 valence electrons. The van der Waals surface area contributed by atoms with E-state index in [0.717, 1.165) is 24.2 Å². The van der Waals surface area contributed by atoms with E-state index in [9.17, 15) is 0 Å². The van der Waals surface area contributed by atoms with E-state index in [1.807, 2.05) is 6.07 Å². The van der Waals surface area contributed by atoms with Crippen molar-refractivity contribution in [3.8, 4) is 17.6 Å². The number of rotatable bonds is 2. The second-order valence-corrected chi connectivity index (χ2v) is 5.08. The van der Waals surface area contributed by atoms with E-state index >= 15 is 0 Å². The van der Waals surface area contributed by atoms with Gasteiger partial charge in [-0.25, -0.2) is 0 Å². The van der Waals surface area contributed by atoms with Crippen LogP contribution in [-0.4, -0.2) is 12.0 Å². The Balaban J connectivity index is 2.15. The molecule has 0 bridgehead atoms. The normalized spacial score (nSPS) is 15.9. The topological polar surface area (TPSA) is 9.23 Å². The number of hydrogen-bond donors (Lipinski definition) is 0. The molecular formula is C16H19ClO. The van der Waals surface area contributed by atoms with Gasteiger partial charge in [-0.3, -0.25) is 0 Å². The van der Waals surface area contributed by atoms with E-state index in [-0.39, 0.29) is 0 Å². The van der Waals surface area contributed by atoms with E-state index in [1.165, 1.54) is 24.8 Å². The van der Waals surface area contributed by atoms with Gasteiger partial charge in [0.1, 0.15) is 5.75 Å². The molecule has 1 aromatic rings. The molecule has 0 aromatic heterocycles. The maximum atomic E-state index is 6.09. The number of halogens is 1. The minimum absolute atomic E-state index is 0.358. The molecule has 0 amide bonds. The van der Waals surface area contributed by atoms with E-state index in [1.54, 1.807) is 0 Å². The Morgan fingerprint density at radius 3 is 2.78 bits per heavy atom. The molecule has 1 fully saturated rings. The Hall–Kier alpha value is -1.13. The lowest BCUT2D eigenvalue weighted by Gasteiger charge is -2.23. The highest BCUT2D eigenvalue weighted by molar-refractivity contribution is 6.19. The Labute approximate surface area is 114 Å². The summed E-state index contributed by atoms with van der Waals surface area (Å²) in [6.45, 7) is 2.07. The van der Waals surface area contributed by atoms with Crippen LogP contribution in [0.2, 0.25) is 0 Å². The Kier molecular flexibility index (Phi) is 4.96. The van der Waals surface area contributed by atoms with Crippen LogP contribution in [0.15, 0.2) is 18.2 Å². The molecular weight excluding hydrogens is 244 g/mol. The van der Waals surface area contributed by atoms with Crippen LogP contribution in [0.1, 0.15) is 43.2 Å². The monoisotopic (exact) mass is 262 g/mol. The van der Waals surface area contributed by atoms with Crippen LogP contribution >= 0.6 is 11.6 Å². The molecule has 0 heterocycles. The summed E-state index contributed by atoms with van der Waals surface area (Å²) in [5, 5.41) is 0. The number of aryl methyl sites for hydroxylation is 1. The largest absolute Gasteiger partial charge is 0.489 e. The zero-order chi connectivity index (χ0) is 12.8. The van der Waals surface area contributed by atoms with Crippen LogP contribution in [0.5, 0.6) is 5.75 Å². The fourth-order valence-corrected chi connectivity index (χ4v) is 2.40. The van der Waals surface area contributed by atoms with Crippen LogP contribution in [-0.2, 0) is 0 Å². The summed E-state index contributed by atoms with van der Waals surface area (Å²) in [6, 6.07) is 6.17. The maximum absolute atomic E-state index is 6.09. The number of ether oxygens (including phenoxy) is 1. The highest BCUT2D eigenvalue weighted by atomic mass is 35.5. The summed E-state index contributed by atoms with van der Waals surface area (Å²) in [5.41, 5.74) is 2.16. The molecule has 0 N–H and O–H groups in total.